The molecule has 0 saturated heterocycles. The van der Waals surface area contributed by atoms with Gasteiger partial charge in [0.1, 0.15) is 5.60 Å². The van der Waals surface area contributed by atoms with Crippen molar-refractivity contribution in [3.05, 3.63) is 11.5 Å². The second-order valence-electron chi connectivity index (χ2n) is 5.26. The molecule has 18 heavy (non-hydrogen) atoms. The Hall–Kier alpha value is -1.01. The summed E-state index contributed by atoms with van der Waals surface area (Å²) in [5, 5.41) is 0. The molecular formula is C12H22BNO4. The fraction of sp³-hybridized carbons (Fsp3) is 0.750. The first-order valence-electron chi connectivity index (χ1n) is 6.10. The summed E-state index contributed by atoms with van der Waals surface area (Å²) in [6.45, 7) is 6.75. The lowest BCUT2D eigenvalue weighted by Crippen LogP contribution is -2.41. The predicted octanol–water partition coefficient (Wildman–Crippen LogP) is 1.87. The average molecular weight is 255 g/mol. The molecule has 1 heterocycles. The van der Waals surface area contributed by atoms with Crippen molar-refractivity contribution in [2.24, 2.45) is 0 Å². The highest BCUT2D eigenvalue weighted by atomic mass is 16.6. The van der Waals surface area contributed by atoms with Gasteiger partial charge in [0, 0.05) is 27.3 Å². The van der Waals surface area contributed by atoms with Crippen molar-refractivity contribution in [1.29, 1.82) is 0 Å². The Labute approximate surface area is 109 Å². The standard InChI is InChI=1S/C12H22BNO4/c1-12(2,3)18-11(15)14-8-6-10(7-9-14)13(16-4)17-5/h6H,7-9H2,1-5H3. The Morgan fingerprint density at radius 1 is 1.33 bits per heavy atom. The van der Waals surface area contributed by atoms with Crippen LogP contribution in [-0.2, 0) is 14.0 Å². The maximum absolute atomic E-state index is 11.8. The number of rotatable bonds is 3. The molecule has 0 aromatic heterocycles. The van der Waals surface area contributed by atoms with E-state index in [2.05, 4.69) is 0 Å². The number of ether oxygens (including phenoxy) is 1. The van der Waals surface area contributed by atoms with Crippen LogP contribution in [-0.4, -0.2) is 51.0 Å². The van der Waals surface area contributed by atoms with Gasteiger partial charge in [0.05, 0.1) is 0 Å². The van der Waals surface area contributed by atoms with Crippen molar-refractivity contribution in [3.63, 3.8) is 0 Å². The molecule has 0 aliphatic carbocycles. The van der Waals surface area contributed by atoms with Crippen molar-refractivity contribution >= 4 is 13.2 Å². The second kappa shape index (κ2) is 6.25. The molecule has 0 bridgehead atoms. The van der Waals surface area contributed by atoms with Crippen LogP contribution in [0.4, 0.5) is 4.79 Å². The van der Waals surface area contributed by atoms with Gasteiger partial charge in [-0.05, 0) is 32.7 Å². The lowest BCUT2D eigenvalue weighted by molar-refractivity contribution is 0.0266. The second-order valence-corrected chi connectivity index (χ2v) is 5.26. The van der Waals surface area contributed by atoms with Crippen molar-refractivity contribution < 1.29 is 18.8 Å². The maximum atomic E-state index is 11.8. The van der Waals surface area contributed by atoms with Crippen LogP contribution in [0.15, 0.2) is 11.5 Å². The van der Waals surface area contributed by atoms with E-state index in [4.69, 9.17) is 14.0 Å². The van der Waals surface area contributed by atoms with Crippen molar-refractivity contribution in [2.75, 3.05) is 27.3 Å². The maximum Gasteiger partial charge on any atom is 0.488 e. The van der Waals surface area contributed by atoms with Crippen LogP contribution in [0.2, 0.25) is 0 Å². The first-order chi connectivity index (χ1) is 8.37. The minimum absolute atomic E-state index is 0.274. The van der Waals surface area contributed by atoms with E-state index >= 15 is 0 Å². The Bertz CT molecular complexity index is 321. The van der Waals surface area contributed by atoms with Crippen molar-refractivity contribution in [3.8, 4) is 0 Å². The largest absolute Gasteiger partial charge is 0.488 e. The van der Waals surface area contributed by atoms with E-state index in [0.717, 1.165) is 11.9 Å². The highest BCUT2D eigenvalue weighted by molar-refractivity contribution is 6.53. The number of hydrogen-bond donors (Lipinski definition) is 0. The van der Waals surface area contributed by atoms with E-state index in [9.17, 15) is 4.79 Å². The third-order valence-corrected chi connectivity index (χ3v) is 2.63. The molecule has 1 aliphatic heterocycles. The van der Waals surface area contributed by atoms with E-state index in [-0.39, 0.29) is 13.2 Å². The van der Waals surface area contributed by atoms with Gasteiger partial charge in [-0.3, -0.25) is 0 Å². The molecular weight excluding hydrogens is 233 g/mol. The molecule has 0 unspecified atom stereocenters. The molecule has 0 saturated carbocycles. The molecule has 1 aliphatic rings. The molecule has 0 N–H and O–H groups in total. The van der Waals surface area contributed by atoms with E-state index in [1.165, 1.54) is 0 Å². The van der Waals surface area contributed by atoms with Gasteiger partial charge in [-0.1, -0.05) is 6.08 Å². The predicted molar refractivity (Wildman–Crippen MR) is 70.3 cm³/mol. The van der Waals surface area contributed by atoms with Crippen LogP contribution in [0.25, 0.3) is 0 Å². The summed E-state index contributed by atoms with van der Waals surface area (Å²) < 4.78 is 15.7. The molecule has 0 aromatic carbocycles. The summed E-state index contributed by atoms with van der Waals surface area (Å²) in [5.74, 6) is 0. The molecule has 0 aromatic rings. The lowest BCUT2D eigenvalue weighted by Gasteiger charge is -2.30. The number of amides is 1. The Balaban J connectivity index is 2.54. The first kappa shape index (κ1) is 15.1. The van der Waals surface area contributed by atoms with Gasteiger partial charge in [-0.25, -0.2) is 4.79 Å². The summed E-state index contributed by atoms with van der Waals surface area (Å²) in [6.07, 6.45) is 2.43. The van der Waals surface area contributed by atoms with Crippen LogP contribution in [0.1, 0.15) is 27.2 Å². The summed E-state index contributed by atoms with van der Waals surface area (Å²) in [7, 11) is 2.90. The third-order valence-electron chi connectivity index (χ3n) is 2.63. The third kappa shape index (κ3) is 4.35. The van der Waals surface area contributed by atoms with Crippen molar-refractivity contribution in [2.45, 2.75) is 32.8 Å². The summed E-state index contributed by atoms with van der Waals surface area (Å²) >= 11 is 0. The smallest absolute Gasteiger partial charge is 0.444 e. The van der Waals surface area contributed by atoms with Gasteiger partial charge in [-0.15, -0.1) is 0 Å². The van der Waals surface area contributed by atoms with Gasteiger partial charge >= 0.3 is 13.2 Å². The van der Waals surface area contributed by atoms with Crippen LogP contribution in [0, 0.1) is 0 Å². The SMILES string of the molecule is COB(OC)C1=CCN(C(=O)OC(C)(C)C)CC1. The Kier molecular flexibility index (Phi) is 5.22. The highest BCUT2D eigenvalue weighted by Crippen LogP contribution is 2.17. The Morgan fingerprint density at radius 2 is 1.94 bits per heavy atom. The zero-order chi connectivity index (χ0) is 13.8. The zero-order valence-corrected chi connectivity index (χ0v) is 11.9. The monoisotopic (exact) mass is 255 g/mol. The van der Waals surface area contributed by atoms with E-state index in [1.54, 1.807) is 19.1 Å². The summed E-state index contributed by atoms with van der Waals surface area (Å²) in [4.78, 5) is 13.5. The van der Waals surface area contributed by atoms with Crippen molar-refractivity contribution in [1.82, 2.24) is 4.90 Å². The van der Waals surface area contributed by atoms with Crippen LogP contribution in [0.5, 0.6) is 0 Å². The van der Waals surface area contributed by atoms with Gasteiger partial charge in [-0.2, -0.15) is 0 Å². The van der Waals surface area contributed by atoms with E-state index in [1.807, 2.05) is 26.8 Å². The average Bonchev–Trinajstić information content (AvgIpc) is 2.29. The zero-order valence-electron chi connectivity index (χ0n) is 11.9. The van der Waals surface area contributed by atoms with Gasteiger partial charge in [0.25, 0.3) is 0 Å². The summed E-state index contributed by atoms with van der Waals surface area (Å²) in [5.41, 5.74) is 0.614. The molecule has 0 radical (unpaired) electrons. The van der Waals surface area contributed by atoms with E-state index < -0.39 is 5.60 Å². The molecule has 6 heteroatoms. The fourth-order valence-electron chi connectivity index (χ4n) is 1.79. The molecule has 0 atom stereocenters. The van der Waals surface area contributed by atoms with Crippen LogP contribution in [0.3, 0.4) is 0 Å². The number of nitrogens with zero attached hydrogens (tertiary/aromatic N) is 1. The number of hydrogen-bond acceptors (Lipinski definition) is 4. The fourth-order valence-corrected chi connectivity index (χ4v) is 1.79. The highest BCUT2D eigenvalue weighted by Gasteiger charge is 2.28. The number of carbonyl (C=O) groups is 1. The van der Waals surface area contributed by atoms with Crippen LogP contribution >= 0.6 is 0 Å². The van der Waals surface area contributed by atoms with Gasteiger partial charge in [0.15, 0.2) is 0 Å². The minimum atomic E-state index is -0.456. The molecule has 5 nitrogen and oxygen atoms in total. The Morgan fingerprint density at radius 3 is 2.33 bits per heavy atom. The molecule has 0 spiro atoms. The molecule has 1 amide bonds. The van der Waals surface area contributed by atoms with Gasteiger partial charge in [0.2, 0.25) is 0 Å². The molecule has 102 valence electrons. The molecule has 1 rings (SSSR count). The first-order valence-corrected chi connectivity index (χ1v) is 6.10. The lowest BCUT2D eigenvalue weighted by atomic mass is 9.75. The molecule has 0 fully saturated rings. The van der Waals surface area contributed by atoms with Gasteiger partial charge < -0.3 is 18.9 Å². The summed E-state index contributed by atoms with van der Waals surface area (Å²) in [6, 6.07) is 0. The number of carbonyl (C=O) groups excluding carboxylic acids is 1. The topological polar surface area (TPSA) is 48.0 Å². The minimum Gasteiger partial charge on any atom is -0.444 e. The van der Waals surface area contributed by atoms with Crippen LogP contribution < -0.4 is 0 Å². The quantitative estimate of drug-likeness (QED) is 0.722. The van der Waals surface area contributed by atoms with E-state index in [0.29, 0.717) is 13.1 Å². The normalized spacial score (nSPS) is 16.3.